The molecule has 0 aliphatic carbocycles. The van der Waals surface area contributed by atoms with E-state index in [2.05, 4.69) is 27.8 Å². The zero-order valence-corrected chi connectivity index (χ0v) is 16.4. The van der Waals surface area contributed by atoms with Crippen LogP contribution in [-0.2, 0) is 16.0 Å². The Kier molecular flexibility index (Phi) is 6.72. The molecule has 1 aliphatic heterocycles. The number of ether oxygens (including phenoxy) is 1. The van der Waals surface area contributed by atoms with Crippen molar-refractivity contribution in [2.75, 3.05) is 19.7 Å². The summed E-state index contributed by atoms with van der Waals surface area (Å²) in [6.07, 6.45) is 0.707. The number of thiazole rings is 1. The van der Waals surface area contributed by atoms with Gasteiger partial charge in [0, 0.05) is 25.1 Å². The Labute approximate surface area is 168 Å². The number of aromatic nitrogens is 1. The van der Waals surface area contributed by atoms with E-state index in [0.717, 1.165) is 34.8 Å². The summed E-state index contributed by atoms with van der Waals surface area (Å²) in [5, 5.41) is 25.2. The quantitative estimate of drug-likeness (QED) is 0.800. The molecular formula is C20H21N5O2S. The highest BCUT2D eigenvalue weighted by atomic mass is 32.1. The Morgan fingerprint density at radius 1 is 1.43 bits per heavy atom. The maximum absolute atomic E-state index is 12.4. The van der Waals surface area contributed by atoms with Gasteiger partial charge in [0.15, 0.2) is 0 Å². The highest BCUT2D eigenvalue weighted by Crippen LogP contribution is 2.27. The van der Waals surface area contributed by atoms with Crippen molar-refractivity contribution in [1.82, 2.24) is 15.6 Å². The number of hydrogen-bond acceptors (Lipinski definition) is 7. The second kappa shape index (κ2) is 9.43. The largest absolute Gasteiger partial charge is 0.367 e. The van der Waals surface area contributed by atoms with Crippen LogP contribution in [0.5, 0.6) is 0 Å². The van der Waals surface area contributed by atoms with Gasteiger partial charge in [0.05, 0.1) is 11.8 Å². The summed E-state index contributed by atoms with van der Waals surface area (Å²) in [6.45, 7) is 3.64. The first-order valence-electron chi connectivity index (χ1n) is 9.10. The molecule has 7 nitrogen and oxygen atoms in total. The molecule has 1 amide bonds. The van der Waals surface area contributed by atoms with E-state index in [1.165, 1.54) is 11.3 Å². The van der Waals surface area contributed by atoms with E-state index in [1.807, 2.05) is 31.2 Å². The summed E-state index contributed by atoms with van der Waals surface area (Å²) in [5.74, 6) is -0.264. The third-order valence-corrected chi connectivity index (χ3v) is 5.56. The van der Waals surface area contributed by atoms with E-state index in [9.17, 15) is 10.1 Å². The molecule has 1 aromatic heterocycles. The number of rotatable bonds is 5. The molecule has 1 aromatic carbocycles. The van der Waals surface area contributed by atoms with E-state index in [0.29, 0.717) is 24.4 Å². The van der Waals surface area contributed by atoms with Gasteiger partial charge < -0.3 is 15.4 Å². The topological polar surface area (TPSA) is 111 Å². The van der Waals surface area contributed by atoms with E-state index in [4.69, 9.17) is 10.00 Å². The third-order valence-electron chi connectivity index (χ3n) is 4.45. The first kappa shape index (κ1) is 20.0. The van der Waals surface area contributed by atoms with Gasteiger partial charge in [-0.3, -0.25) is 4.79 Å². The normalized spacial score (nSPS) is 17.8. The molecule has 2 heterocycles. The lowest BCUT2D eigenvalue weighted by Gasteiger charge is -2.18. The summed E-state index contributed by atoms with van der Waals surface area (Å²) in [5.41, 5.74) is 2.59. The number of nitrogens with one attached hydrogen (secondary N) is 2. The lowest BCUT2D eigenvalue weighted by Crippen LogP contribution is -2.46. The molecule has 1 aliphatic rings. The van der Waals surface area contributed by atoms with Crippen LogP contribution in [0.2, 0.25) is 0 Å². The lowest BCUT2D eigenvalue weighted by atomic mass is 10.0. The molecule has 2 atom stereocenters. The first-order chi connectivity index (χ1) is 13.6. The number of carbonyl (C=O) groups excluding carboxylic acids is 1. The maximum atomic E-state index is 12.4. The third kappa shape index (κ3) is 4.93. The van der Waals surface area contributed by atoms with Crippen molar-refractivity contribution < 1.29 is 9.53 Å². The molecule has 1 fully saturated rings. The smallest absolute Gasteiger partial charge is 0.251 e. The van der Waals surface area contributed by atoms with Crippen molar-refractivity contribution in [2.45, 2.75) is 31.9 Å². The highest BCUT2D eigenvalue weighted by molar-refractivity contribution is 7.15. The van der Waals surface area contributed by atoms with Crippen LogP contribution in [-0.4, -0.2) is 42.7 Å². The van der Waals surface area contributed by atoms with Gasteiger partial charge in [-0.25, -0.2) is 4.98 Å². The van der Waals surface area contributed by atoms with Gasteiger partial charge >= 0.3 is 0 Å². The zero-order valence-electron chi connectivity index (χ0n) is 15.6. The predicted molar refractivity (Wildman–Crippen MR) is 105 cm³/mol. The van der Waals surface area contributed by atoms with Crippen molar-refractivity contribution in [3.63, 3.8) is 0 Å². The molecule has 1 saturated heterocycles. The van der Waals surface area contributed by atoms with Crippen LogP contribution >= 0.6 is 11.3 Å². The number of benzene rings is 1. The summed E-state index contributed by atoms with van der Waals surface area (Å²) >= 11 is 1.36. The molecule has 28 heavy (non-hydrogen) atoms. The fourth-order valence-corrected chi connectivity index (χ4v) is 3.79. The van der Waals surface area contributed by atoms with Crippen molar-refractivity contribution in [3.05, 3.63) is 40.4 Å². The van der Waals surface area contributed by atoms with Crippen molar-refractivity contribution in [2.24, 2.45) is 0 Å². The lowest BCUT2D eigenvalue weighted by molar-refractivity contribution is -0.132. The molecule has 0 unspecified atom stereocenters. The minimum atomic E-state index is -0.627. The number of carbonyl (C=O) groups is 1. The maximum Gasteiger partial charge on any atom is 0.251 e. The molecule has 0 spiro atoms. The van der Waals surface area contributed by atoms with Crippen LogP contribution < -0.4 is 10.6 Å². The van der Waals surface area contributed by atoms with Crippen LogP contribution in [0.1, 0.15) is 22.6 Å². The molecule has 0 bridgehead atoms. The second-order valence-electron chi connectivity index (χ2n) is 6.55. The summed E-state index contributed by atoms with van der Waals surface area (Å²) in [4.78, 5) is 17.4. The molecule has 3 rings (SSSR count). The Morgan fingerprint density at radius 2 is 2.21 bits per heavy atom. The Hall–Kier alpha value is -2.78. The number of nitriles is 2. The summed E-state index contributed by atoms with van der Waals surface area (Å²) in [7, 11) is 0. The molecule has 144 valence electrons. The monoisotopic (exact) mass is 395 g/mol. The second-order valence-corrected chi connectivity index (χ2v) is 7.55. The standard InChI is InChI=1S/C20H21N5O2S/c1-13-18(11-22)28-20(24-13)15-5-3-14(4-6-15)9-16(10-21)25-19(26)17-12-23-7-2-8-27-17/h3-6,16-17,23H,2,7-9,12H2,1H3,(H,25,26)/t16-,17-/m0/s1. The Bertz CT molecular complexity index is 902. The van der Waals surface area contributed by atoms with Gasteiger partial charge in [-0.15, -0.1) is 11.3 Å². The minimum Gasteiger partial charge on any atom is -0.367 e. The zero-order chi connectivity index (χ0) is 19.9. The van der Waals surface area contributed by atoms with Crippen LogP contribution in [0.4, 0.5) is 0 Å². The molecule has 0 radical (unpaired) electrons. The van der Waals surface area contributed by atoms with Crippen molar-refractivity contribution in [3.8, 4) is 22.7 Å². The average Bonchev–Trinajstić information content (AvgIpc) is 2.91. The fourth-order valence-electron chi connectivity index (χ4n) is 2.92. The number of hydrogen-bond donors (Lipinski definition) is 2. The molecule has 2 aromatic rings. The molecule has 8 heteroatoms. The predicted octanol–water partition coefficient (Wildman–Crippen LogP) is 1.92. The van der Waals surface area contributed by atoms with Gasteiger partial charge in [-0.05, 0) is 25.5 Å². The van der Waals surface area contributed by atoms with Gasteiger partial charge in [-0.1, -0.05) is 24.3 Å². The van der Waals surface area contributed by atoms with Crippen LogP contribution in [0, 0.1) is 29.6 Å². The van der Waals surface area contributed by atoms with Gasteiger partial charge in [-0.2, -0.15) is 10.5 Å². The highest BCUT2D eigenvalue weighted by Gasteiger charge is 2.23. The molecule has 0 saturated carbocycles. The van der Waals surface area contributed by atoms with E-state index in [1.54, 1.807) is 0 Å². The van der Waals surface area contributed by atoms with Crippen molar-refractivity contribution >= 4 is 17.2 Å². The first-order valence-corrected chi connectivity index (χ1v) is 9.91. The van der Waals surface area contributed by atoms with E-state index in [-0.39, 0.29) is 5.91 Å². The van der Waals surface area contributed by atoms with Crippen LogP contribution in [0.3, 0.4) is 0 Å². The van der Waals surface area contributed by atoms with E-state index >= 15 is 0 Å². The van der Waals surface area contributed by atoms with Gasteiger partial charge in [0.2, 0.25) is 0 Å². The van der Waals surface area contributed by atoms with Crippen LogP contribution in [0.25, 0.3) is 10.6 Å². The Morgan fingerprint density at radius 3 is 2.89 bits per heavy atom. The average molecular weight is 395 g/mol. The summed E-state index contributed by atoms with van der Waals surface area (Å²) < 4.78 is 5.53. The number of nitrogens with zero attached hydrogens (tertiary/aromatic N) is 3. The van der Waals surface area contributed by atoms with Crippen molar-refractivity contribution in [1.29, 1.82) is 10.5 Å². The number of aryl methyl sites for hydroxylation is 1. The fraction of sp³-hybridized carbons (Fsp3) is 0.400. The minimum absolute atomic E-state index is 0.264. The van der Waals surface area contributed by atoms with E-state index < -0.39 is 12.1 Å². The van der Waals surface area contributed by atoms with Gasteiger partial charge in [0.1, 0.15) is 28.1 Å². The molecular weight excluding hydrogens is 374 g/mol. The van der Waals surface area contributed by atoms with Crippen LogP contribution in [0.15, 0.2) is 24.3 Å². The summed E-state index contributed by atoms with van der Waals surface area (Å²) in [6, 6.07) is 11.3. The SMILES string of the molecule is Cc1nc(-c2ccc(C[C@@H](C#N)NC(=O)[C@@H]3CNCCCO3)cc2)sc1C#N. The number of amides is 1. The molecule has 2 N–H and O–H groups in total. The van der Waals surface area contributed by atoms with Gasteiger partial charge in [0.25, 0.3) is 5.91 Å². The Balaban J connectivity index is 1.62.